The Morgan fingerprint density at radius 3 is 2.65 bits per heavy atom. The lowest BCUT2D eigenvalue weighted by atomic mass is 10.0. The second-order valence-corrected chi connectivity index (χ2v) is 5.56. The van der Waals surface area contributed by atoms with Crippen molar-refractivity contribution in [2.45, 2.75) is 39.7 Å². The highest BCUT2D eigenvalue weighted by atomic mass is 16.1. The number of anilines is 2. The molecule has 20 heavy (non-hydrogen) atoms. The molecule has 0 atom stereocenters. The van der Waals surface area contributed by atoms with Crippen molar-refractivity contribution in [1.82, 2.24) is 4.90 Å². The van der Waals surface area contributed by atoms with Gasteiger partial charge in [0.15, 0.2) is 0 Å². The van der Waals surface area contributed by atoms with E-state index >= 15 is 0 Å². The summed E-state index contributed by atoms with van der Waals surface area (Å²) in [5.74, 6) is -0.0264. The van der Waals surface area contributed by atoms with Crippen LogP contribution in [0, 0.1) is 6.92 Å². The maximum absolute atomic E-state index is 11.2. The Morgan fingerprint density at radius 2 is 2.05 bits per heavy atom. The second kappa shape index (κ2) is 6.75. The van der Waals surface area contributed by atoms with Gasteiger partial charge in [0.2, 0.25) is 5.91 Å². The van der Waals surface area contributed by atoms with E-state index in [2.05, 4.69) is 34.6 Å². The van der Waals surface area contributed by atoms with Crippen molar-refractivity contribution < 1.29 is 4.79 Å². The van der Waals surface area contributed by atoms with Crippen molar-refractivity contribution in [3.8, 4) is 0 Å². The number of rotatable bonds is 4. The molecule has 4 heteroatoms. The molecule has 2 rings (SSSR count). The fraction of sp³-hybridized carbons (Fsp3) is 0.562. The Balaban J connectivity index is 1.98. The standard InChI is InChI=1S/C16H25N3O/c1-4-19-9-7-14(8-10-19)18-15-6-5-12(2)16(11-15)17-13(3)20/h5-6,11,14,18H,4,7-10H2,1-3H3,(H,17,20). The lowest BCUT2D eigenvalue weighted by Crippen LogP contribution is -2.38. The van der Waals surface area contributed by atoms with E-state index in [4.69, 9.17) is 0 Å². The molecular weight excluding hydrogens is 250 g/mol. The number of piperidine rings is 1. The highest BCUT2D eigenvalue weighted by molar-refractivity contribution is 5.90. The first-order valence-corrected chi connectivity index (χ1v) is 7.45. The van der Waals surface area contributed by atoms with Crippen LogP contribution in [0.5, 0.6) is 0 Å². The van der Waals surface area contributed by atoms with Crippen molar-refractivity contribution in [2.75, 3.05) is 30.3 Å². The van der Waals surface area contributed by atoms with Crippen LogP contribution in [0.4, 0.5) is 11.4 Å². The fourth-order valence-electron chi connectivity index (χ4n) is 2.67. The molecule has 0 unspecified atom stereocenters. The van der Waals surface area contributed by atoms with E-state index in [1.807, 2.05) is 13.0 Å². The first kappa shape index (κ1) is 14.9. The number of benzene rings is 1. The SMILES string of the molecule is CCN1CCC(Nc2ccc(C)c(NC(C)=O)c2)CC1. The van der Waals surface area contributed by atoms with Crippen molar-refractivity contribution in [2.24, 2.45) is 0 Å². The average molecular weight is 275 g/mol. The molecule has 0 bridgehead atoms. The summed E-state index contributed by atoms with van der Waals surface area (Å²) in [6.45, 7) is 9.24. The summed E-state index contributed by atoms with van der Waals surface area (Å²) in [6.07, 6.45) is 2.36. The molecule has 0 spiro atoms. The summed E-state index contributed by atoms with van der Waals surface area (Å²) in [7, 11) is 0. The molecule has 110 valence electrons. The summed E-state index contributed by atoms with van der Waals surface area (Å²) in [5, 5.41) is 6.47. The van der Waals surface area contributed by atoms with Gasteiger partial charge in [-0.1, -0.05) is 13.0 Å². The smallest absolute Gasteiger partial charge is 0.221 e. The van der Waals surface area contributed by atoms with E-state index in [1.54, 1.807) is 6.92 Å². The molecule has 2 N–H and O–H groups in total. The van der Waals surface area contributed by atoms with Gasteiger partial charge in [-0.3, -0.25) is 4.79 Å². The molecule has 0 aliphatic carbocycles. The number of aryl methyl sites for hydroxylation is 1. The van der Waals surface area contributed by atoms with Crippen LogP contribution >= 0.6 is 0 Å². The minimum absolute atomic E-state index is 0.0264. The van der Waals surface area contributed by atoms with Crippen molar-refractivity contribution in [3.63, 3.8) is 0 Å². The fourth-order valence-corrected chi connectivity index (χ4v) is 2.67. The van der Waals surface area contributed by atoms with E-state index in [9.17, 15) is 4.79 Å². The van der Waals surface area contributed by atoms with E-state index in [0.717, 1.165) is 23.5 Å². The van der Waals surface area contributed by atoms with Crippen LogP contribution in [0.15, 0.2) is 18.2 Å². The Bertz CT molecular complexity index is 465. The molecule has 1 saturated heterocycles. The zero-order valence-corrected chi connectivity index (χ0v) is 12.7. The molecular formula is C16H25N3O. The molecule has 1 aliphatic heterocycles. The Kier molecular flexibility index (Phi) is 5.01. The summed E-state index contributed by atoms with van der Waals surface area (Å²) in [4.78, 5) is 13.7. The maximum Gasteiger partial charge on any atom is 0.221 e. The lowest BCUT2D eigenvalue weighted by molar-refractivity contribution is -0.114. The van der Waals surface area contributed by atoms with Crippen LogP contribution in [0.1, 0.15) is 32.3 Å². The van der Waals surface area contributed by atoms with E-state index in [-0.39, 0.29) is 5.91 Å². The predicted molar refractivity (Wildman–Crippen MR) is 84.2 cm³/mol. The van der Waals surface area contributed by atoms with Crippen LogP contribution in [0.3, 0.4) is 0 Å². The van der Waals surface area contributed by atoms with Crippen molar-refractivity contribution in [1.29, 1.82) is 0 Å². The monoisotopic (exact) mass is 275 g/mol. The van der Waals surface area contributed by atoms with Gasteiger partial charge in [-0.05, 0) is 44.0 Å². The third-order valence-corrected chi connectivity index (χ3v) is 3.95. The zero-order valence-electron chi connectivity index (χ0n) is 12.7. The maximum atomic E-state index is 11.2. The number of carbonyl (C=O) groups excluding carboxylic acids is 1. The lowest BCUT2D eigenvalue weighted by Gasteiger charge is -2.32. The normalized spacial score (nSPS) is 16.9. The topological polar surface area (TPSA) is 44.4 Å². The van der Waals surface area contributed by atoms with Gasteiger partial charge < -0.3 is 15.5 Å². The molecule has 1 fully saturated rings. The van der Waals surface area contributed by atoms with Crippen LogP contribution in [0.2, 0.25) is 0 Å². The molecule has 0 saturated carbocycles. The number of hydrogen-bond acceptors (Lipinski definition) is 3. The van der Waals surface area contributed by atoms with Gasteiger partial charge in [0, 0.05) is 37.4 Å². The summed E-state index contributed by atoms with van der Waals surface area (Å²) >= 11 is 0. The molecule has 4 nitrogen and oxygen atoms in total. The molecule has 0 radical (unpaired) electrons. The van der Waals surface area contributed by atoms with Gasteiger partial charge in [-0.15, -0.1) is 0 Å². The Labute approximate surface area is 121 Å². The average Bonchev–Trinajstić information content (AvgIpc) is 2.43. The van der Waals surface area contributed by atoms with Crippen LogP contribution in [0.25, 0.3) is 0 Å². The minimum atomic E-state index is -0.0264. The summed E-state index contributed by atoms with van der Waals surface area (Å²) in [6, 6.07) is 6.70. The predicted octanol–water partition coefficient (Wildman–Crippen LogP) is 2.85. The summed E-state index contributed by atoms with van der Waals surface area (Å²) in [5.41, 5.74) is 3.08. The molecule has 0 aromatic heterocycles. The summed E-state index contributed by atoms with van der Waals surface area (Å²) < 4.78 is 0. The minimum Gasteiger partial charge on any atom is -0.382 e. The van der Waals surface area contributed by atoms with Crippen LogP contribution < -0.4 is 10.6 Å². The number of carbonyl (C=O) groups is 1. The number of amides is 1. The Hall–Kier alpha value is -1.55. The quantitative estimate of drug-likeness (QED) is 0.888. The van der Waals surface area contributed by atoms with Gasteiger partial charge >= 0.3 is 0 Å². The highest BCUT2D eigenvalue weighted by Gasteiger charge is 2.17. The molecule has 1 aromatic carbocycles. The van der Waals surface area contributed by atoms with Crippen molar-refractivity contribution >= 4 is 17.3 Å². The van der Waals surface area contributed by atoms with Gasteiger partial charge in [-0.25, -0.2) is 0 Å². The van der Waals surface area contributed by atoms with Crippen LogP contribution in [-0.2, 0) is 4.79 Å². The second-order valence-electron chi connectivity index (χ2n) is 5.56. The van der Waals surface area contributed by atoms with Gasteiger partial charge in [0.1, 0.15) is 0 Å². The van der Waals surface area contributed by atoms with E-state index in [0.29, 0.717) is 6.04 Å². The zero-order chi connectivity index (χ0) is 14.5. The molecule has 1 heterocycles. The first-order valence-electron chi connectivity index (χ1n) is 7.45. The largest absolute Gasteiger partial charge is 0.382 e. The van der Waals surface area contributed by atoms with E-state index < -0.39 is 0 Å². The number of likely N-dealkylation sites (tertiary alicyclic amines) is 1. The number of hydrogen-bond donors (Lipinski definition) is 2. The number of nitrogens with one attached hydrogen (secondary N) is 2. The highest BCUT2D eigenvalue weighted by Crippen LogP contribution is 2.23. The van der Waals surface area contributed by atoms with Gasteiger partial charge in [-0.2, -0.15) is 0 Å². The van der Waals surface area contributed by atoms with Gasteiger partial charge in [0.25, 0.3) is 0 Å². The molecule has 1 aromatic rings. The number of nitrogens with zero attached hydrogens (tertiary/aromatic N) is 1. The van der Waals surface area contributed by atoms with E-state index in [1.165, 1.54) is 25.9 Å². The third kappa shape index (κ3) is 3.97. The molecule has 1 aliphatic rings. The Morgan fingerprint density at radius 1 is 1.35 bits per heavy atom. The third-order valence-electron chi connectivity index (χ3n) is 3.95. The first-order chi connectivity index (χ1) is 9.58. The molecule has 1 amide bonds. The van der Waals surface area contributed by atoms with Gasteiger partial charge in [0.05, 0.1) is 0 Å². The van der Waals surface area contributed by atoms with Crippen molar-refractivity contribution in [3.05, 3.63) is 23.8 Å². The van der Waals surface area contributed by atoms with Crippen LogP contribution in [-0.4, -0.2) is 36.5 Å².